The lowest BCUT2D eigenvalue weighted by molar-refractivity contribution is -0.00682. The molecule has 3 nitrogen and oxygen atoms in total. The Kier molecular flexibility index (Phi) is 7.52. The fourth-order valence-electron chi connectivity index (χ4n) is 2.72. The molecule has 0 saturated heterocycles. The van der Waals surface area contributed by atoms with Crippen molar-refractivity contribution in [2.75, 3.05) is 13.2 Å². The Balaban J connectivity index is 0.00000200. The van der Waals surface area contributed by atoms with Crippen LogP contribution < -0.4 is 5.73 Å². The summed E-state index contributed by atoms with van der Waals surface area (Å²) in [5, 5.41) is 10.1. The highest BCUT2D eigenvalue weighted by Gasteiger charge is 2.31. The first-order valence-electron chi connectivity index (χ1n) is 7.26. The van der Waals surface area contributed by atoms with Crippen molar-refractivity contribution in [2.24, 2.45) is 11.7 Å². The Morgan fingerprint density at radius 1 is 1.20 bits per heavy atom. The highest BCUT2D eigenvalue weighted by molar-refractivity contribution is 5.85. The van der Waals surface area contributed by atoms with E-state index in [4.69, 9.17) is 10.5 Å². The number of hydrogen-bond acceptors (Lipinski definition) is 3. The zero-order valence-corrected chi connectivity index (χ0v) is 12.8. The summed E-state index contributed by atoms with van der Waals surface area (Å²) in [7, 11) is 0. The summed E-state index contributed by atoms with van der Waals surface area (Å²) in [6.45, 7) is 1.89. The number of nitrogens with two attached hydrogens (primary N) is 1. The number of benzene rings is 1. The highest BCUT2D eigenvalue weighted by atomic mass is 35.5. The number of hydrogen-bond donors (Lipinski definition) is 2. The predicted molar refractivity (Wildman–Crippen MR) is 83.9 cm³/mol. The maximum absolute atomic E-state index is 10.1. The van der Waals surface area contributed by atoms with Crippen LogP contribution in [0.3, 0.4) is 0 Å². The number of aliphatic hydroxyl groups is 1. The first-order valence-corrected chi connectivity index (χ1v) is 7.26. The lowest BCUT2D eigenvalue weighted by Gasteiger charge is -2.35. The van der Waals surface area contributed by atoms with Gasteiger partial charge < -0.3 is 15.6 Å². The van der Waals surface area contributed by atoms with Crippen LogP contribution in [0, 0.1) is 5.92 Å². The van der Waals surface area contributed by atoms with E-state index in [1.807, 2.05) is 18.2 Å². The molecule has 4 heteroatoms. The monoisotopic (exact) mass is 299 g/mol. The third-order valence-electron chi connectivity index (χ3n) is 4.20. The molecular formula is C16H26ClNO2. The van der Waals surface area contributed by atoms with Crippen LogP contribution in [0.2, 0.25) is 0 Å². The number of halogens is 1. The maximum atomic E-state index is 10.1. The molecule has 1 aromatic rings. The molecule has 3 N–H and O–H groups in total. The van der Waals surface area contributed by atoms with Gasteiger partial charge in [0, 0.05) is 13.2 Å². The van der Waals surface area contributed by atoms with Gasteiger partial charge in [0.2, 0.25) is 0 Å². The first kappa shape index (κ1) is 17.4. The second kappa shape index (κ2) is 8.63. The molecule has 0 spiro atoms. The van der Waals surface area contributed by atoms with Crippen molar-refractivity contribution in [3.8, 4) is 0 Å². The van der Waals surface area contributed by atoms with Gasteiger partial charge in [-0.2, -0.15) is 0 Å². The molecule has 0 bridgehead atoms. The van der Waals surface area contributed by atoms with E-state index in [0.29, 0.717) is 19.1 Å². The maximum Gasteiger partial charge on any atom is 0.0769 e. The van der Waals surface area contributed by atoms with Crippen LogP contribution >= 0.6 is 12.4 Å². The van der Waals surface area contributed by atoms with E-state index in [9.17, 15) is 5.11 Å². The van der Waals surface area contributed by atoms with Crippen molar-refractivity contribution in [3.05, 3.63) is 35.9 Å². The van der Waals surface area contributed by atoms with Crippen molar-refractivity contribution >= 4 is 12.4 Å². The molecule has 0 heterocycles. The van der Waals surface area contributed by atoms with Crippen LogP contribution in [0.5, 0.6) is 0 Å². The van der Waals surface area contributed by atoms with Gasteiger partial charge in [-0.3, -0.25) is 0 Å². The molecule has 1 aliphatic rings. The Bertz CT molecular complexity index is 364. The number of rotatable bonds is 6. The molecule has 1 saturated carbocycles. The molecule has 1 fully saturated rings. The van der Waals surface area contributed by atoms with Gasteiger partial charge >= 0.3 is 0 Å². The zero-order valence-electron chi connectivity index (χ0n) is 12.0. The van der Waals surface area contributed by atoms with Gasteiger partial charge in [-0.1, -0.05) is 30.3 Å². The molecule has 2 rings (SSSR count). The topological polar surface area (TPSA) is 55.5 Å². The average molecular weight is 300 g/mol. The van der Waals surface area contributed by atoms with E-state index >= 15 is 0 Å². The van der Waals surface area contributed by atoms with E-state index in [0.717, 1.165) is 38.7 Å². The van der Waals surface area contributed by atoms with E-state index < -0.39 is 5.60 Å². The molecule has 1 aromatic carbocycles. The molecular weight excluding hydrogens is 274 g/mol. The Hall–Kier alpha value is -0.610. The minimum absolute atomic E-state index is 0. The summed E-state index contributed by atoms with van der Waals surface area (Å²) in [5.41, 5.74) is 6.22. The summed E-state index contributed by atoms with van der Waals surface area (Å²) in [4.78, 5) is 0. The highest BCUT2D eigenvalue weighted by Crippen LogP contribution is 2.33. The second-order valence-corrected chi connectivity index (χ2v) is 5.70. The van der Waals surface area contributed by atoms with Gasteiger partial charge in [0.25, 0.3) is 0 Å². The molecule has 114 valence electrons. The van der Waals surface area contributed by atoms with Crippen molar-refractivity contribution in [3.63, 3.8) is 0 Å². The molecule has 1 aliphatic carbocycles. The van der Waals surface area contributed by atoms with Crippen molar-refractivity contribution < 1.29 is 9.84 Å². The van der Waals surface area contributed by atoms with Crippen LogP contribution in [0.1, 0.15) is 37.7 Å². The Labute approximate surface area is 127 Å². The van der Waals surface area contributed by atoms with Gasteiger partial charge in [0.1, 0.15) is 0 Å². The van der Waals surface area contributed by atoms with Gasteiger partial charge in [-0.25, -0.2) is 0 Å². The minimum Gasteiger partial charge on any atom is -0.389 e. The third kappa shape index (κ3) is 5.41. The molecule has 0 aliphatic heterocycles. The standard InChI is InChI=1S/C16H25NO2.ClH/c17-13-16(18)9-6-14(7-10-16)8-11-19-12-15-4-2-1-3-5-15;/h1-5,14,18H,6-13,17H2;1H/t14-,16+;. The van der Waals surface area contributed by atoms with Crippen molar-refractivity contribution in [1.29, 1.82) is 0 Å². The van der Waals surface area contributed by atoms with E-state index in [1.165, 1.54) is 5.56 Å². The first-order chi connectivity index (χ1) is 9.22. The Morgan fingerprint density at radius 3 is 2.45 bits per heavy atom. The summed E-state index contributed by atoms with van der Waals surface area (Å²) in [6, 6.07) is 10.3. The van der Waals surface area contributed by atoms with E-state index in [2.05, 4.69) is 12.1 Å². The van der Waals surface area contributed by atoms with Crippen LogP contribution in [0.25, 0.3) is 0 Å². The summed E-state index contributed by atoms with van der Waals surface area (Å²) in [6.07, 6.45) is 4.91. The van der Waals surface area contributed by atoms with Gasteiger partial charge in [0.05, 0.1) is 12.2 Å². The zero-order chi connectivity index (χ0) is 13.6. The summed E-state index contributed by atoms with van der Waals surface area (Å²) >= 11 is 0. The van der Waals surface area contributed by atoms with E-state index in [1.54, 1.807) is 0 Å². The van der Waals surface area contributed by atoms with E-state index in [-0.39, 0.29) is 12.4 Å². The van der Waals surface area contributed by atoms with Gasteiger partial charge in [-0.05, 0) is 43.6 Å². The second-order valence-electron chi connectivity index (χ2n) is 5.70. The quantitative estimate of drug-likeness (QED) is 0.794. The average Bonchev–Trinajstić information content (AvgIpc) is 2.47. The molecule has 0 amide bonds. The smallest absolute Gasteiger partial charge is 0.0769 e. The molecule has 0 unspecified atom stereocenters. The molecule has 0 atom stereocenters. The van der Waals surface area contributed by atoms with Crippen LogP contribution in [0.4, 0.5) is 0 Å². The third-order valence-corrected chi connectivity index (χ3v) is 4.20. The molecule has 20 heavy (non-hydrogen) atoms. The van der Waals surface area contributed by atoms with Crippen LogP contribution in [-0.4, -0.2) is 23.9 Å². The summed E-state index contributed by atoms with van der Waals surface area (Å²) < 4.78 is 5.71. The molecule has 0 radical (unpaired) electrons. The van der Waals surface area contributed by atoms with Crippen LogP contribution in [0.15, 0.2) is 30.3 Å². The lowest BCUT2D eigenvalue weighted by Crippen LogP contribution is -2.41. The predicted octanol–water partition coefficient (Wildman–Crippen LogP) is 2.90. The van der Waals surface area contributed by atoms with Gasteiger partial charge in [-0.15, -0.1) is 12.4 Å². The lowest BCUT2D eigenvalue weighted by atomic mass is 9.78. The fraction of sp³-hybridized carbons (Fsp3) is 0.625. The Morgan fingerprint density at radius 2 is 1.85 bits per heavy atom. The number of ether oxygens (including phenoxy) is 1. The summed E-state index contributed by atoms with van der Waals surface area (Å²) in [5.74, 6) is 0.683. The minimum atomic E-state index is -0.596. The normalized spacial score (nSPS) is 26.0. The molecule has 0 aromatic heterocycles. The van der Waals surface area contributed by atoms with Crippen molar-refractivity contribution in [2.45, 2.75) is 44.3 Å². The fourth-order valence-corrected chi connectivity index (χ4v) is 2.72. The largest absolute Gasteiger partial charge is 0.389 e. The van der Waals surface area contributed by atoms with Crippen LogP contribution in [-0.2, 0) is 11.3 Å². The van der Waals surface area contributed by atoms with Gasteiger partial charge in [0.15, 0.2) is 0 Å². The SMILES string of the molecule is Cl.NC[C@]1(O)CC[C@@H](CCOCc2ccccc2)CC1. The van der Waals surface area contributed by atoms with Crippen molar-refractivity contribution in [1.82, 2.24) is 0 Å².